The number of carbonyl (C=O) groups excluding carboxylic acids is 1. The van der Waals surface area contributed by atoms with Crippen LogP contribution in [0.25, 0.3) is 0 Å². The third-order valence-electron chi connectivity index (χ3n) is 2.42. The molecule has 0 atom stereocenters. The van der Waals surface area contributed by atoms with E-state index in [1.807, 2.05) is 6.92 Å². The maximum atomic E-state index is 10.3. The van der Waals surface area contributed by atoms with Gasteiger partial charge in [-0.3, -0.25) is 0 Å². The molecule has 0 bridgehead atoms. The number of hydrogen-bond acceptors (Lipinski definition) is 4. The number of carbonyl (C=O) groups is 1. The molecule has 0 heterocycles. The first-order chi connectivity index (χ1) is 6.60. The number of likely N-dealkylation sites (N-methyl/N-ethyl adjacent to an activating group) is 2. The van der Waals surface area contributed by atoms with E-state index in [1.54, 1.807) is 0 Å². The van der Waals surface area contributed by atoms with Crippen LogP contribution >= 0.6 is 0 Å². The van der Waals surface area contributed by atoms with Crippen molar-refractivity contribution in [1.29, 1.82) is 0 Å². The molecule has 0 aromatic carbocycles. The Morgan fingerprint density at radius 2 is 1.73 bits per heavy atom. The Morgan fingerprint density at radius 1 is 1.13 bits per heavy atom. The Morgan fingerprint density at radius 3 is 2.13 bits per heavy atom. The first-order valence-electron chi connectivity index (χ1n) is 5.20. The van der Waals surface area contributed by atoms with Crippen molar-refractivity contribution in [3.63, 3.8) is 0 Å². The van der Waals surface area contributed by atoms with E-state index in [0.717, 1.165) is 26.2 Å². The van der Waals surface area contributed by atoms with Gasteiger partial charge in [0.15, 0.2) is 0 Å². The zero-order valence-corrected chi connectivity index (χ0v) is 12.5. The summed E-state index contributed by atoms with van der Waals surface area (Å²) in [6.45, 7) is 8.57. The molecule has 0 N–H and O–H groups in total. The van der Waals surface area contributed by atoms with E-state index in [2.05, 4.69) is 23.8 Å². The van der Waals surface area contributed by atoms with Crippen LogP contribution in [-0.4, -0.2) is 55.5 Å². The van der Waals surface area contributed by atoms with Crippen LogP contribution in [0.4, 0.5) is 0 Å². The monoisotopic (exact) mass is 224 g/mol. The summed E-state index contributed by atoms with van der Waals surface area (Å²) >= 11 is 0. The molecular weight excluding hydrogens is 203 g/mol. The summed E-state index contributed by atoms with van der Waals surface area (Å²) in [6.07, 6.45) is 0.129. The second kappa shape index (κ2) is 10.9. The molecule has 0 aliphatic rings. The van der Waals surface area contributed by atoms with Crippen molar-refractivity contribution < 1.29 is 39.5 Å². The predicted octanol–water partition coefficient (Wildman–Crippen LogP) is -3.60. The second-order valence-corrected chi connectivity index (χ2v) is 3.45. The van der Waals surface area contributed by atoms with E-state index >= 15 is 0 Å². The van der Waals surface area contributed by atoms with Gasteiger partial charge in [-0.15, -0.1) is 0 Å². The summed E-state index contributed by atoms with van der Waals surface area (Å²) in [7, 11) is 2.06. The Kier molecular flexibility index (Phi) is 12.9. The van der Waals surface area contributed by atoms with E-state index in [4.69, 9.17) is 0 Å². The fraction of sp³-hybridized carbons (Fsp3) is 0.900. The molecule has 84 valence electrons. The van der Waals surface area contributed by atoms with Crippen LogP contribution in [0.5, 0.6) is 0 Å². The average molecular weight is 224 g/mol. The molecule has 0 fully saturated rings. The number of rotatable bonds is 8. The zero-order chi connectivity index (χ0) is 11.0. The van der Waals surface area contributed by atoms with Gasteiger partial charge in [0.1, 0.15) is 0 Å². The molecule has 0 radical (unpaired) electrons. The molecule has 4 nitrogen and oxygen atoms in total. The fourth-order valence-electron chi connectivity index (χ4n) is 1.15. The molecule has 0 amide bonds. The number of nitrogens with zero attached hydrogens (tertiary/aromatic N) is 2. The van der Waals surface area contributed by atoms with Gasteiger partial charge in [-0.2, -0.15) is 0 Å². The summed E-state index contributed by atoms with van der Waals surface area (Å²) in [5.74, 6) is -0.965. The van der Waals surface area contributed by atoms with Crippen molar-refractivity contribution in [2.24, 2.45) is 0 Å². The number of aliphatic carboxylic acids is 1. The quantitative estimate of drug-likeness (QED) is 0.400. The Bertz CT molecular complexity index is 168. The third-order valence-corrected chi connectivity index (χ3v) is 2.42. The topological polar surface area (TPSA) is 46.6 Å². The average Bonchev–Trinajstić information content (AvgIpc) is 2.17. The molecule has 0 aromatic rings. The van der Waals surface area contributed by atoms with Crippen molar-refractivity contribution in [2.75, 3.05) is 39.8 Å². The molecule has 0 saturated carbocycles. The maximum Gasteiger partial charge on any atom is 1.00 e. The van der Waals surface area contributed by atoms with Gasteiger partial charge in [-0.1, -0.05) is 13.8 Å². The zero-order valence-electron chi connectivity index (χ0n) is 10.5. The van der Waals surface area contributed by atoms with Crippen molar-refractivity contribution in [3.05, 3.63) is 0 Å². The van der Waals surface area contributed by atoms with Crippen molar-refractivity contribution >= 4 is 5.97 Å². The summed E-state index contributed by atoms with van der Waals surface area (Å²) < 4.78 is 0. The van der Waals surface area contributed by atoms with Gasteiger partial charge in [0, 0.05) is 25.6 Å². The molecule has 0 unspecified atom stereocenters. The number of carboxylic acids is 1. The first-order valence-corrected chi connectivity index (χ1v) is 5.20. The molecular formula is C10H21N2NaO2. The van der Waals surface area contributed by atoms with Gasteiger partial charge in [0.05, 0.1) is 0 Å². The number of hydrogen-bond donors (Lipinski definition) is 0. The molecule has 0 rings (SSSR count). The van der Waals surface area contributed by atoms with Gasteiger partial charge >= 0.3 is 29.6 Å². The minimum absolute atomic E-state index is 0. The summed E-state index contributed by atoms with van der Waals surface area (Å²) in [5.41, 5.74) is 0. The van der Waals surface area contributed by atoms with Crippen LogP contribution in [0, 0.1) is 0 Å². The van der Waals surface area contributed by atoms with Crippen molar-refractivity contribution in [2.45, 2.75) is 20.3 Å². The largest absolute Gasteiger partial charge is 1.00 e. The summed E-state index contributed by atoms with van der Waals surface area (Å²) in [5, 5.41) is 10.3. The molecule has 0 aliphatic heterocycles. The SMILES string of the molecule is CCN(C)CCN(CC)CCC(=O)[O-].[Na+]. The molecule has 0 saturated heterocycles. The Labute approximate surface area is 115 Å². The van der Waals surface area contributed by atoms with Crippen LogP contribution < -0.4 is 34.7 Å². The Balaban J connectivity index is 0. The van der Waals surface area contributed by atoms with Gasteiger partial charge < -0.3 is 19.7 Å². The predicted molar refractivity (Wildman–Crippen MR) is 54.9 cm³/mol. The minimum atomic E-state index is -0.965. The summed E-state index contributed by atoms with van der Waals surface area (Å²) in [6, 6.07) is 0. The standard InChI is InChI=1S/C10H22N2O2.Na/c1-4-11(3)8-9-12(5-2)7-6-10(13)14;/h4-9H2,1-3H3,(H,13,14);/q;+1/p-1. The minimum Gasteiger partial charge on any atom is -0.550 e. The van der Waals surface area contributed by atoms with Crippen LogP contribution in [0.1, 0.15) is 20.3 Å². The molecule has 0 spiro atoms. The van der Waals surface area contributed by atoms with Crippen LogP contribution in [0.3, 0.4) is 0 Å². The number of carboxylic acid groups (broad SMARTS) is 1. The van der Waals surface area contributed by atoms with E-state index < -0.39 is 5.97 Å². The molecule has 0 aliphatic carbocycles. The van der Waals surface area contributed by atoms with Crippen LogP contribution in [0.15, 0.2) is 0 Å². The Hall–Kier alpha value is 0.390. The molecule has 5 heteroatoms. The van der Waals surface area contributed by atoms with Gasteiger partial charge in [0.25, 0.3) is 0 Å². The maximum absolute atomic E-state index is 10.3. The normalized spacial score (nSPS) is 10.5. The van der Waals surface area contributed by atoms with Gasteiger partial charge in [-0.05, 0) is 26.6 Å². The van der Waals surface area contributed by atoms with Gasteiger partial charge in [0.2, 0.25) is 0 Å². The molecule has 15 heavy (non-hydrogen) atoms. The van der Waals surface area contributed by atoms with E-state index in [1.165, 1.54) is 0 Å². The van der Waals surface area contributed by atoms with Crippen molar-refractivity contribution in [1.82, 2.24) is 9.80 Å². The second-order valence-electron chi connectivity index (χ2n) is 3.45. The van der Waals surface area contributed by atoms with E-state index in [-0.39, 0.29) is 36.0 Å². The summed E-state index contributed by atoms with van der Waals surface area (Å²) in [4.78, 5) is 14.6. The van der Waals surface area contributed by atoms with Crippen LogP contribution in [0.2, 0.25) is 0 Å². The first kappa shape index (κ1) is 17.8. The fourth-order valence-corrected chi connectivity index (χ4v) is 1.15. The molecule has 0 aromatic heterocycles. The van der Waals surface area contributed by atoms with E-state index in [9.17, 15) is 9.90 Å². The van der Waals surface area contributed by atoms with Crippen molar-refractivity contribution in [3.8, 4) is 0 Å². The van der Waals surface area contributed by atoms with Crippen LogP contribution in [-0.2, 0) is 4.79 Å². The van der Waals surface area contributed by atoms with E-state index in [0.29, 0.717) is 6.54 Å². The smallest absolute Gasteiger partial charge is 0.550 e. The third kappa shape index (κ3) is 10.7. The van der Waals surface area contributed by atoms with Gasteiger partial charge in [-0.25, -0.2) is 0 Å².